The van der Waals surface area contributed by atoms with Crippen molar-refractivity contribution in [2.75, 3.05) is 0 Å². The first-order valence-electron chi connectivity index (χ1n) is 17.4. The molecule has 0 radical (unpaired) electrons. The van der Waals surface area contributed by atoms with Crippen molar-refractivity contribution in [1.29, 1.82) is 0 Å². The van der Waals surface area contributed by atoms with Gasteiger partial charge in [-0.05, 0) is 78.8 Å². The molecule has 9 aromatic carbocycles. The van der Waals surface area contributed by atoms with Crippen molar-refractivity contribution in [3.8, 4) is 27.9 Å². The van der Waals surface area contributed by atoms with Crippen LogP contribution in [-0.4, -0.2) is 14.1 Å². The summed E-state index contributed by atoms with van der Waals surface area (Å²) in [7, 11) is -0.657. The Morgan fingerprint density at radius 3 is 1.62 bits per heavy atom. The van der Waals surface area contributed by atoms with Crippen molar-refractivity contribution < 1.29 is 0 Å². The lowest BCUT2D eigenvalue weighted by Crippen LogP contribution is -2.26. The van der Waals surface area contributed by atoms with Crippen molar-refractivity contribution in [3.63, 3.8) is 0 Å². The van der Waals surface area contributed by atoms with Gasteiger partial charge in [-0.15, -0.1) is 0 Å². The van der Waals surface area contributed by atoms with E-state index in [1.54, 1.807) is 0 Å². The highest BCUT2D eigenvalue weighted by Gasteiger charge is 2.19. The van der Waals surface area contributed by atoms with Crippen LogP contribution >= 0.6 is 0 Å². The number of aromatic nitrogens is 1. The monoisotopic (exact) mass is 651 g/mol. The molecular formula is C48H33NSi. The average molecular weight is 652 g/mol. The van der Waals surface area contributed by atoms with Crippen LogP contribution in [0.3, 0.4) is 0 Å². The smallest absolute Gasteiger partial charge is 0.0875 e. The fourth-order valence-corrected chi connectivity index (χ4v) is 9.71. The standard InChI is InChI=1S/C48H33NSi/c1-2-15-35(16-3-1)50-36-29-30-43-44(31-36)47(41-20-6-7-21-42(41)48(43)40-22-12-14-32-13-4-5-17-37(32)40)33-25-27-34(28-26-33)49-45-23-10-8-18-38(45)39-19-9-11-24-46(39)49/h1-31H,50H2. The second-order valence-electron chi connectivity index (χ2n) is 13.3. The van der Waals surface area contributed by atoms with Gasteiger partial charge in [-0.3, -0.25) is 0 Å². The van der Waals surface area contributed by atoms with Crippen molar-refractivity contribution in [1.82, 2.24) is 4.57 Å². The molecule has 0 atom stereocenters. The van der Waals surface area contributed by atoms with E-state index in [2.05, 4.69) is 193 Å². The van der Waals surface area contributed by atoms with E-state index in [0.717, 1.165) is 0 Å². The zero-order chi connectivity index (χ0) is 33.0. The van der Waals surface area contributed by atoms with Crippen molar-refractivity contribution in [2.24, 2.45) is 0 Å². The van der Waals surface area contributed by atoms with Gasteiger partial charge in [-0.25, -0.2) is 0 Å². The van der Waals surface area contributed by atoms with Gasteiger partial charge in [0.25, 0.3) is 0 Å². The highest BCUT2D eigenvalue weighted by Crippen LogP contribution is 2.45. The van der Waals surface area contributed by atoms with Crippen LogP contribution in [0.5, 0.6) is 0 Å². The molecule has 1 heterocycles. The molecule has 0 spiro atoms. The van der Waals surface area contributed by atoms with E-state index in [9.17, 15) is 0 Å². The Balaban J connectivity index is 1.24. The van der Waals surface area contributed by atoms with Crippen LogP contribution in [0, 0.1) is 0 Å². The number of benzene rings is 9. The quantitative estimate of drug-likeness (QED) is 0.129. The van der Waals surface area contributed by atoms with E-state index in [-0.39, 0.29) is 0 Å². The minimum atomic E-state index is -0.657. The lowest BCUT2D eigenvalue weighted by atomic mass is 9.84. The highest BCUT2D eigenvalue weighted by molar-refractivity contribution is 6.67. The van der Waals surface area contributed by atoms with Gasteiger partial charge in [-0.2, -0.15) is 0 Å². The van der Waals surface area contributed by atoms with Gasteiger partial charge in [0.1, 0.15) is 0 Å². The molecule has 0 aliphatic carbocycles. The molecule has 0 amide bonds. The molecule has 0 saturated heterocycles. The van der Waals surface area contributed by atoms with Gasteiger partial charge in [0.05, 0.1) is 20.6 Å². The second kappa shape index (κ2) is 11.7. The number of hydrogen-bond donors (Lipinski definition) is 0. The third kappa shape index (κ3) is 4.61. The number of rotatable bonds is 5. The largest absolute Gasteiger partial charge is 0.309 e. The van der Waals surface area contributed by atoms with Crippen LogP contribution in [0.15, 0.2) is 188 Å². The SMILES string of the molecule is c1ccc([SiH2]c2ccc3c(-c4cccc5ccccc45)c4ccccc4c(-c4ccc(-n5c6ccccc6c6ccccc65)cc4)c3c2)cc1. The molecular weight excluding hydrogens is 619 g/mol. The van der Waals surface area contributed by atoms with E-state index in [4.69, 9.17) is 0 Å². The number of nitrogens with zero attached hydrogens (tertiary/aromatic N) is 1. The Kier molecular flexibility index (Phi) is 6.75. The molecule has 1 nitrogen and oxygen atoms in total. The van der Waals surface area contributed by atoms with Gasteiger partial charge >= 0.3 is 0 Å². The van der Waals surface area contributed by atoms with Crippen LogP contribution in [0.2, 0.25) is 0 Å². The summed E-state index contributed by atoms with van der Waals surface area (Å²) in [6.07, 6.45) is 0. The van der Waals surface area contributed by atoms with Crippen molar-refractivity contribution in [2.45, 2.75) is 0 Å². The average Bonchev–Trinajstić information content (AvgIpc) is 3.52. The van der Waals surface area contributed by atoms with Gasteiger partial charge in [0.2, 0.25) is 0 Å². The van der Waals surface area contributed by atoms with Gasteiger partial charge in [0, 0.05) is 16.5 Å². The van der Waals surface area contributed by atoms with Crippen LogP contribution in [0.4, 0.5) is 0 Å². The fourth-order valence-electron chi connectivity index (χ4n) is 8.19. The summed E-state index contributed by atoms with van der Waals surface area (Å²) in [5, 5.41) is 13.2. The second-order valence-corrected chi connectivity index (χ2v) is 15.3. The van der Waals surface area contributed by atoms with Crippen molar-refractivity contribution in [3.05, 3.63) is 188 Å². The normalized spacial score (nSPS) is 11.9. The molecule has 0 aliphatic heterocycles. The number of hydrogen-bond acceptors (Lipinski definition) is 0. The van der Waals surface area contributed by atoms with Crippen LogP contribution < -0.4 is 10.4 Å². The molecule has 234 valence electrons. The van der Waals surface area contributed by atoms with E-state index in [1.807, 2.05) is 0 Å². The van der Waals surface area contributed by atoms with Crippen LogP contribution in [0.25, 0.3) is 82.1 Å². The molecule has 50 heavy (non-hydrogen) atoms. The molecule has 10 aromatic rings. The molecule has 0 fully saturated rings. The predicted molar refractivity (Wildman–Crippen MR) is 218 cm³/mol. The Morgan fingerprint density at radius 2 is 0.900 bits per heavy atom. The summed E-state index contributed by atoms with van der Waals surface area (Å²) in [4.78, 5) is 0. The van der Waals surface area contributed by atoms with E-state index >= 15 is 0 Å². The van der Waals surface area contributed by atoms with E-state index in [0.29, 0.717) is 0 Å². The Labute approximate surface area is 293 Å². The highest BCUT2D eigenvalue weighted by atomic mass is 28.2. The van der Waals surface area contributed by atoms with E-state index in [1.165, 1.54) is 92.4 Å². The van der Waals surface area contributed by atoms with Gasteiger partial charge < -0.3 is 4.57 Å². The maximum Gasteiger partial charge on any atom is 0.0875 e. The number of para-hydroxylation sites is 2. The zero-order valence-electron chi connectivity index (χ0n) is 27.6. The molecule has 10 rings (SSSR count). The topological polar surface area (TPSA) is 4.93 Å². The predicted octanol–water partition coefficient (Wildman–Crippen LogP) is 10.7. The molecule has 0 unspecified atom stereocenters. The summed E-state index contributed by atoms with van der Waals surface area (Å²) in [6.45, 7) is 0. The Morgan fingerprint density at radius 1 is 0.340 bits per heavy atom. The minimum Gasteiger partial charge on any atom is -0.309 e. The van der Waals surface area contributed by atoms with Crippen molar-refractivity contribution >= 4 is 74.0 Å². The molecule has 1 aromatic heterocycles. The Hall–Kier alpha value is -6.22. The molecule has 0 aliphatic rings. The maximum atomic E-state index is 2.51. The van der Waals surface area contributed by atoms with E-state index < -0.39 is 9.52 Å². The maximum absolute atomic E-state index is 2.51. The van der Waals surface area contributed by atoms with Gasteiger partial charge in [0.15, 0.2) is 0 Å². The summed E-state index contributed by atoms with van der Waals surface area (Å²) in [6, 6.07) is 69.6. The van der Waals surface area contributed by atoms with Gasteiger partial charge in [-0.1, -0.05) is 174 Å². The third-order valence-corrected chi connectivity index (χ3v) is 12.1. The first-order chi connectivity index (χ1) is 24.8. The molecule has 0 N–H and O–H groups in total. The number of fused-ring (bicyclic) bond motifs is 6. The lowest BCUT2D eigenvalue weighted by Gasteiger charge is -2.20. The minimum absolute atomic E-state index is 0.657. The van der Waals surface area contributed by atoms with Crippen LogP contribution in [-0.2, 0) is 0 Å². The summed E-state index contributed by atoms with van der Waals surface area (Å²) in [5.74, 6) is 0. The third-order valence-electron chi connectivity index (χ3n) is 10.4. The zero-order valence-corrected chi connectivity index (χ0v) is 29.0. The summed E-state index contributed by atoms with van der Waals surface area (Å²) in [5.41, 5.74) is 8.76. The lowest BCUT2D eigenvalue weighted by molar-refractivity contribution is 1.18. The first kappa shape index (κ1) is 28.8. The summed E-state index contributed by atoms with van der Waals surface area (Å²) >= 11 is 0. The molecule has 0 bridgehead atoms. The van der Waals surface area contributed by atoms with Crippen LogP contribution in [0.1, 0.15) is 0 Å². The Bertz CT molecular complexity index is 2820. The first-order valence-corrected chi connectivity index (χ1v) is 18.8. The summed E-state index contributed by atoms with van der Waals surface area (Å²) < 4.78 is 2.40. The fraction of sp³-hybridized carbons (Fsp3) is 0. The molecule has 0 saturated carbocycles. The molecule has 2 heteroatoms.